The number of benzene rings is 1. The van der Waals surface area contributed by atoms with Gasteiger partial charge in [-0.3, -0.25) is 9.59 Å². The highest BCUT2D eigenvalue weighted by molar-refractivity contribution is 8.01. The summed E-state index contributed by atoms with van der Waals surface area (Å²) in [5, 5.41) is 3.22. The molecule has 5 rings (SSSR count). The van der Waals surface area contributed by atoms with E-state index in [1.54, 1.807) is 12.1 Å². The Morgan fingerprint density at radius 2 is 1.92 bits per heavy atom. The van der Waals surface area contributed by atoms with Crippen molar-refractivity contribution in [3.05, 3.63) is 46.8 Å². The van der Waals surface area contributed by atoms with E-state index in [0.29, 0.717) is 16.4 Å². The number of carbonyl (C=O) groups is 2. The van der Waals surface area contributed by atoms with E-state index in [1.807, 2.05) is 24.3 Å². The molecule has 2 amide bonds. The van der Waals surface area contributed by atoms with Crippen molar-refractivity contribution in [1.29, 1.82) is 0 Å². The van der Waals surface area contributed by atoms with E-state index < -0.39 is 5.91 Å². The van der Waals surface area contributed by atoms with Gasteiger partial charge < -0.3 is 16.0 Å². The van der Waals surface area contributed by atoms with Crippen molar-refractivity contribution in [3.8, 4) is 0 Å². The minimum Gasteiger partial charge on any atom is -0.366 e. The minimum atomic E-state index is -0.440. The van der Waals surface area contributed by atoms with Crippen molar-refractivity contribution >= 4 is 34.9 Å². The first-order valence-electron chi connectivity index (χ1n) is 8.80. The molecule has 5 nitrogen and oxygen atoms in total. The number of hydrogen-bond acceptors (Lipinski definition) is 5. The number of nitrogens with two attached hydrogens (primary N) is 1. The second kappa shape index (κ2) is 7.42. The molecule has 1 atom stereocenters. The molecule has 1 aromatic heterocycles. The van der Waals surface area contributed by atoms with Crippen LogP contribution in [0.2, 0.25) is 0 Å². The first-order chi connectivity index (χ1) is 12.6. The molecule has 4 heterocycles. The number of nitrogens with zero attached hydrogens (tertiary/aromatic N) is 1. The van der Waals surface area contributed by atoms with Gasteiger partial charge in [0.2, 0.25) is 5.91 Å². The van der Waals surface area contributed by atoms with Gasteiger partial charge in [0.05, 0.1) is 14.6 Å². The van der Waals surface area contributed by atoms with Gasteiger partial charge in [0.15, 0.2) is 0 Å². The number of fused-ring (bicyclic) bond motifs is 3. The zero-order valence-electron chi connectivity index (χ0n) is 14.3. The SMILES string of the molecule is NC(=O)c1ccccc1Sc1ccc(C(=O)N[C@H]2CN3CCC2CC3)s1. The lowest BCUT2D eigenvalue weighted by atomic mass is 9.84. The van der Waals surface area contributed by atoms with Gasteiger partial charge in [-0.1, -0.05) is 23.9 Å². The molecule has 0 aliphatic carbocycles. The Morgan fingerprint density at radius 3 is 2.62 bits per heavy atom. The summed E-state index contributed by atoms with van der Waals surface area (Å²) in [4.78, 5) is 28.1. The fraction of sp³-hybridized carbons (Fsp3) is 0.368. The quantitative estimate of drug-likeness (QED) is 0.827. The summed E-state index contributed by atoms with van der Waals surface area (Å²) in [6.45, 7) is 3.29. The van der Waals surface area contributed by atoms with Gasteiger partial charge in [-0.25, -0.2) is 0 Å². The molecule has 2 bridgehead atoms. The van der Waals surface area contributed by atoms with Crippen molar-refractivity contribution in [2.24, 2.45) is 11.7 Å². The van der Waals surface area contributed by atoms with Gasteiger partial charge in [0.1, 0.15) is 0 Å². The topological polar surface area (TPSA) is 75.4 Å². The average molecular weight is 388 g/mol. The maximum atomic E-state index is 12.6. The molecule has 3 aliphatic heterocycles. The number of primary amides is 1. The van der Waals surface area contributed by atoms with E-state index >= 15 is 0 Å². The summed E-state index contributed by atoms with van der Waals surface area (Å²) < 4.78 is 0.970. The number of piperidine rings is 3. The van der Waals surface area contributed by atoms with Crippen LogP contribution in [0.1, 0.15) is 32.9 Å². The molecule has 0 spiro atoms. The van der Waals surface area contributed by atoms with Gasteiger partial charge in [0, 0.05) is 17.5 Å². The second-order valence-electron chi connectivity index (χ2n) is 6.80. The molecule has 1 aromatic carbocycles. The van der Waals surface area contributed by atoms with E-state index in [2.05, 4.69) is 10.2 Å². The number of hydrogen-bond donors (Lipinski definition) is 2. The Bertz CT molecular complexity index is 828. The van der Waals surface area contributed by atoms with Gasteiger partial charge >= 0.3 is 0 Å². The minimum absolute atomic E-state index is 0.00351. The van der Waals surface area contributed by atoms with Crippen LogP contribution in [0.3, 0.4) is 0 Å². The summed E-state index contributed by atoms with van der Waals surface area (Å²) in [5.74, 6) is 0.175. The highest BCUT2D eigenvalue weighted by Gasteiger charge is 2.35. The normalized spacial score (nSPS) is 24.4. The Balaban J connectivity index is 1.43. The van der Waals surface area contributed by atoms with Crippen LogP contribution in [0.25, 0.3) is 0 Å². The lowest BCUT2D eigenvalue weighted by Gasteiger charge is -2.44. The Hall–Kier alpha value is -1.83. The van der Waals surface area contributed by atoms with Crippen LogP contribution in [0.5, 0.6) is 0 Å². The first kappa shape index (κ1) is 17.6. The van der Waals surface area contributed by atoms with Crippen LogP contribution < -0.4 is 11.1 Å². The molecule has 3 saturated heterocycles. The van der Waals surface area contributed by atoms with E-state index in [9.17, 15) is 9.59 Å². The van der Waals surface area contributed by atoms with E-state index in [4.69, 9.17) is 5.73 Å². The third-order valence-corrected chi connectivity index (χ3v) is 7.43. The molecular weight excluding hydrogens is 366 g/mol. The van der Waals surface area contributed by atoms with E-state index in [0.717, 1.165) is 28.7 Å². The molecule has 0 unspecified atom stereocenters. The number of nitrogens with one attached hydrogen (secondary N) is 1. The summed E-state index contributed by atoms with van der Waals surface area (Å²) in [5.41, 5.74) is 5.94. The molecule has 7 heteroatoms. The van der Waals surface area contributed by atoms with Crippen LogP contribution in [0.15, 0.2) is 45.5 Å². The molecule has 136 valence electrons. The fourth-order valence-corrected chi connectivity index (χ4v) is 5.86. The van der Waals surface area contributed by atoms with E-state index in [1.165, 1.54) is 35.9 Å². The third-order valence-electron chi connectivity index (χ3n) is 5.14. The molecule has 3 N–H and O–H groups in total. The van der Waals surface area contributed by atoms with Crippen LogP contribution in [0.4, 0.5) is 0 Å². The number of carbonyl (C=O) groups excluding carboxylic acids is 2. The van der Waals surface area contributed by atoms with Crippen molar-refractivity contribution < 1.29 is 9.59 Å². The molecule has 0 saturated carbocycles. The average Bonchev–Trinajstić information content (AvgIpc) is 3.12. The number of thiophene rings is 1. The van der Waals surface area contributed by atoms with Gasteiger partial charge in [0.25, 0.3) is 5.91 Å². The Kier molecular flexibility index (Phi) is 5.02. The number of rotatable bonds is 5. The predicted molar refractivity (Wildman–Crippen MR) is 104 cm³/mol. The smallest absolute Gasteiger partial charge is 0.261 e. The highest BCUT2D eigenvalue weighted by atomic mass is 32.2. The molecule has 3 aliphatic rings. The standard InChI is InChI=1S/C19H21N3O2S2/c20-18(23)13-3-1-2-4-15(13)25-17-6-5-16(26-17)19(24)21-14-11-22-9-7-12(14)8-10-22/h1-6,12,14H,7-11H2,(H2,20,23)(H,21,24)/t14-/m0/s1. The summed E-state index contributed by atoms with van der Waals surface area (Å²) in [6.07, 6.45) is 2.36. The van der Waals surface area contributed by atoms with Gasteiger partial charge in [-0.15, -0.1) is 11.3 Å². The molecule has 26 heavy (non-hydrogen) atoms. The predicted octanol–water partition coefficient (Wildman–Crippen LogP) is 2.82. The van der Waals surface area contributed by atoms with Crippen molar-refractivity contribution in [2.75, 3.05) is 19.6 Å². The molecule has 2 aromatic rings. The first-order valence-corrected chi connectivity index (χ1v) is 10.4. The number of amides is 2. The van der Waals surface area contributed by atoms with Crippen molar-refractivity contribution in [3.63, 3.8) is 0 Å². The van der Waals surface area contributed by atoms with Crippen LogP contribution >= 0.6 is 23.1 Å². The largest absolute Gasteiger partial charge is 0.366 e. The second-order valence-corrected chi connectivity index (χ2v) is 9.23. The van der Waals surface area contributed by atoms with Gasteiger partial charge in [-0.05, 0) is 56.1 Å². The summed E-state index contributed by atoms with van der Waals surface area (Å²) in [7, 11) is 0. The maximum Gasteiger partial charge on any atom is 0.261 e. The molecule has 3 fully saturated rings. The maximum absolute atomic E-state index is 12.6. The summed E-state index contributed by atoms with van der Waals surface area (Å²) in [6, 6.07) is 11.3. The van der Waals surface area contributed by atoms with E-state index in [-0.39, 0.29) is 11.9 Å². The van der Waals surface area contributed by atoms with Crippen LogP contribution in [0, 0.1) is 5.92 Å². The van der Waals surface area contributed by atoms with Crippen LogP contribution in [-0.4, -0.2) is 42.4 Å². The monoisotopic (exact) mass is 387 g/mol. The summed E-state index contributed by atoms with van der Waals surface area (Å²) >= 11 is 2.92. The van der Waals surface area contributed by atoms with Gasteiger partial charge in [-0.2, -0.15) is 0 Å². The Morgan fingerprint density at radius 1 is 1.15 bits per heavy atom. The third kappa shape index (κ3) is 3.65. The lowest BCUT2D eigenvalue weighted by molar-refractivity contribution is 0.0622. The fourth-order valence-electron chi connectivity index (χ4n) is 3.73. The lowest BCUT2D eigenvalue weighted by Crippen LogP contribution is -2.57. The van der Waals surface area contributed by atoms with Crippen molar-refractivity contribution in [1.82, 2.24) is 10.2 Å². The zero-order valence-corrected chi connectivity index (χ0v) is 15.9. The van der Waals surface area contributed by atoms with Crippen LogP contribution in [-0.2, 0) is 0 Å². The zero-order chi connectivity index (χ0) is 18.1. The highest BCUT2D eigenvalue weighted by Crippen LogP contribution is 2.35. The Labute approximate surface area is 160 Å². The molecular formula is C19H21N3O2S2. The molecule has 0 radical (unpaired) electrons. The van der Waals surface area contributed by atoms with Crippen molar-refractivity contribution in [2.45, 2.75) is 28.0 Å².